The Morgan fingerprint density at radius 1 is 0.750 bits per heavy atom. The quantitative estimate of drug-likeness (QED) is 0.437. The molecule has 2 aromatic carbocycles. The van der Waals surface area contributed by atoms with Crippen LogP contribution in [0.25, 0.3) is 0 Å². The maximum absolute atomic E-state index is 13.2. The van der Waals surface area contributed by atoms with Gasteiger partial charge < -0.3 is 33.3 Å². The van der Waals surface area contributed by atoms with Gasteiger partial charge in [-0.1, -0.05) is 12.1 Å². The molecular formula is C24H33NO7. The summed E-state index contributed by atoms with van der Waals surface area (Å²) in [6, 6.07) is 11.2. The average molecular weight is 448 g/mol. The third-order valence-electron chi connectivity index (χ3n) is 5.17. The lowest BCUT2D eigenvalue weighted by atomic mass is 10.1. The molecule has 0 saturated carbocycles. The van der Waals surface area contributed by atoms with Gasteiger partial charge in [0.15, 0.2) is 29.3 Å². The number of rotatable bonds is 13. The van der Waals surface area contributed by atoms with Crippen LogP contribution in [0.3, 0.4) is 0 Å². The number of carbonyl (C=O) groups is 1. The number of carbonyl (C=O) groups excluding carboxylic acids is 1. The summed E-state index contributed by atoms with van der Waals surface area (Å²) in [6.45, 7) is 0.803. The van der Waals surface area contributed by atoms with Crippen molar-refractivity contribution in [2.24, 2.45) is 0 Å². The van der Waals surface area contributed by atoms with Crippen molar-refractivity contribution in [1.82, 2.24) is 4.90 Å². The predicted molar refractivity (Wildman–Crippen MR) is 121 cm³/mol. The van der Waals surface area contributed by atoms with Crippen molar-refractivity contribution in [1.29, 1.82) is 0 Å². The maximum atomic E-state index is 13.2. The Morgan fingerprint density at radius 3 is 1.75 bits per heavy atom. The molecular weight excluding hydrogens is 414 g/mol. The smallest absolute Gasteiger partial charge is 0.227 e. The second-order valence-electron chi connectivity index (χ2n) is 7.05. The Hall–Kier alpha value is -2.97. The van der Waals surface area contributed by atoms with Crippen LogP contribution in [0.4, 0.5) is 0 Å². The van der Waals surface area contributed by atoms with Crippen molar-refractivity contribution >= 4 is 5.91 Å². The second-order valence-corrected chi connectivity index (χ2v) is 7.05. The zero-order valence-electron chi connectivity index (χ0n) is 19.7. The van der Waals surface area contributed by atoms with Crippen LogP contribution in [0.5, 0.6) is 23.0 Å². The minimum Gasteiger partial charge on any atom is -0.493 e. The van der Waals surface area contributed by atoms with E-state index in [0.29, 0.717) is 42.5 Å². The summed E-state index contributed by atoms with van der Waals surface area (Å²) in [5.74, 6) is 2.47. The van der Waals surface area contributed by atoms with E-state index in [1.165, 1.54) is 0 Å². The molecule has 0 unspecified atom stereocenters. The Bertz CT molecular complexity index is 867. The number of nitrogens with zero attached hydrogens (tertiary/aromatic N) is 1. The number of ether oxygens (including phenoxy) is 6. The van der Waals surface area contributed by atoms with Crippen LogP contribution >= 0.6 is 0 Å². The van der Waals surface area contributed by atoms with E-state index in [1.807, 2.05) is 30.3 Å². The van der Waals surface area contributed by atoms with Gasteiger partial charge in [0.05, 0.1) is 41.4 Å². The molecule has 2 aromatic rings. The third-order valence-corrected chi connectivity index (χ3v) is 5.17. The normalized spacial score (nSPS) is 10.7. The van der Waals surface area contributed by atoms with Crippen molar-refractivity contribution in [2.45, 2.75) is 19.1 Å². The summed E-state index contributed by atoms with van der Waals surface area (Å²) >= 11 is 0. The molecule has 0 bridgehead atoms. The van der Waals surface area contributed by atoms with Gasteiger partial charge in [-0.2, -0.15) is 0 Å². The third kappa shape index (κ3) is 6.77. The van der Waals surface area contributed by atoms with Gasteiger partial charge in [0.25, 0.3) is 0 Å². The SMILES string of the molecule is COc1ccc(CCN(CC(OC)OC)C(=O)Cc2ccc(OC)c(OC)c2)cc1OC. The first-order chi connectivity index (χ1) is 15.5. The van der Waals surface area contributed by atoms with Crippen molar-refractivity contribution in [3.63, 3.8) is 0 Å². The minimum absolute atomic E-state index is 0.0446. The summed E-state index contributed by atoms with van der Waals surface area (Å²) < 4.78 is 32.0. The number of hydrogen-bond donors (Lipinski definition) is 0. The largest absolute Gasteiger partial charge is 0.493 e. The zero-order chi connectivity index (χ0) is 23.5. The van der Waals surface area contributed by atoms with Gasteiger partial charge >= 0.3 is 0 Å². The number of hydrogen-bond acceptors (Lipinski definition) is 7. The highest BCUT2D eigenvalue weighted by atomic mass is 16.7. The van der Waals surface area contributed by atoms with Crippen LogP contribution in [-0.2, 0) is 27.1 Å². The zero-order valence-corrected chi connectivity index (χ0v) is 19.7. The Labute approximate surface area is 189 Å². The summed E-state index contributed by atoms with van der Waals surface area (Å²) in [5.41, 5.74) is 1.85. The number of benzene rings is 2. The molecule has 0 aromatic heterocycles. The molecule has 2 rings (SSSR count). The first kappa shape index (κ1) is 25.3. The van der Waals surface area contributed by atoms with Crippen LogP contribution in [0, 0.1) is 0 Å². The number of methoxy groups -OCH3 is 6. The van der Waals surface area contributed by atoms with E-state index >= 15 is 0 Å². The molecule has 1 amide bonds. The Kier molecular flexibility index (Phi) is 10.1. The van der Waals surface area contributed by atoms with Gasteiger partial charge in [0.1, 0.15) is 0 Å². The minimum atomic E-state index is -0.519. The molecule has 0 saturated heterocycles. The van der Waals surface area contributed by atoms with Crippen LogP contribution in [-0.4, -0.2) is 72.8 Å². The molecule has 8 nitrogen and oxygen atoms in total. The molecule has 8 heteroatoms. The van der Waals surface area contributed by atoms with Crippen LogP contribution in [0.15, 0.2) is 36.4 Å². The molecule has 0 radical (unpaired) electrons. The topological polar surface area (TPSA) is 75.7 Å². The summed E-state index contributed by atoms with van der Waals surface area (Å²) in [4.78, 5) is 14.9. The van der Waals surface area contributed by atoms with Crippen molar-refractivity contribution in [3.8, 4) is 23.0 Å². The van der Waals surface area contributed by atoms with E-state index in [-0.39, 0.29) is 12.3 Å². The van der Waals surface area contributed by atoms with E-state index < -0.39 is 6.29 Å². The highest BCUT2D eigenvalue weighted by molar-refractivity contribution is 5.79. The van der Waals surface area contributed by atoms with Gasteiger partial charge in [-0.05, 0) is 41.8 Å². The molecule has 176 valence electrons. The van der Waals surface area contributed by atoms with Gasteiger partial charge in [0.2, 0.25) is 5.91 Å². The van der Waals surface area contributed by atoms with Crippen LogP contribution < -0.4 is 18.9 Å². The highest BCUT2D eigenvalue weighted by Crippen LogP contribution is 2.29. The molecule has 0 aliphatic heterocycles. The molecule has 0 atom stereocenters. The number of amides is 1. The van der Waals surface area contributed by atoms with E-state index in [1.54, 1.807) is 53.6 Å². The lowest BCUT2D eigenvalue weighted by molar-refractivity contribution is -0.144. The first-order valence-electron chi connectivity index (χ1n) is 10.2. The fourth-order valence-electron chi connectivity index (χ4n) is 3.32. The monoisotopic (exact) mass is 447 g/mol. The van der Waals surface area contributed by atoms with E-state index in [2.05, 4.69) is 0 Å². The highest BCUT2D eigenvalue weighted by Gasteiger charge is 2.20. The molecule has 0 fully saturated rings. The maximum Gasteiger partial charge on any atom is 0.227 e. The molecule has 0 heterocycles. The summed E-state index contributed by atoms with van der Waals surface area (Å²) in [6.07, 6.45) is 0.333. The van der Waals surface area contributed by atoms with Gasteiger partial charge in [-0.3, -0.25) is 4.79 Å². The fraction of sp³-hybridized carbons (Fsp3) is 0.458. The van der Waals surface area contributed by atoms with Crippen molar-refractivity contribution in [2.75, 3.05) is 55.7 Å². The van der Waals surface area contributed by atoms with E-state index in [9.17, 15) is 4.79 Å². The van der Waals surface area contributed by atoms with Gasteiger partial charge in [-0.25, -0.2) is 0 Å². The Balaban J connectivity index is 2.16. The average Bonchev–Trinajstić information content (AvgIpc) is 2.83. The predicted octanol–water partition coefficient (Wildman–Crippen LogP) is 2.95. The molecule has 0 spiro atoms. The molecule has 0 N–H and O–H groups in total. The molecule has 32 heavy (non-hydrogen) atoms. The Morgan fingerprint density at radius 2 is 1.25 bits per heavy atom. The molecule has 0 aliphatic rings. The lowest BCUT2D eigenvalue weighted by Gasteiger charge is -2.27. The summed E-state index contributed by atoms with van der Waals surface area (Å²) in [7, 11) is 9.46. The lowest BCUT2D eigenvalue weighted by Crippen LogP contribution is -2.41. The summed E-state index contributed by atoms with van der Waals surface area (Å²) in [5, 5.41) is 0. The van der Waals surface area contributed by atoms with E-state index in [0.717, 1.165) is 11.1 Å². The van der Waals surface area contributed by atoms with E-state index in [4.69, 9.17) is 28.4 Å². The van der Waals surface area contributed by atoms with Gasteiger partial charge in [0, 0.05) is 20.8 Å². The standard InChI is InChI=1S/C24H33NO7/c1-27-19-9-7-17(13-21(19)29-3)11-12-25(16-24(31-5)32-6)23(26)15-18-8-10-20(28-2)22(14-18)30-4/h7-10,13-14,24H,11-12,15-16H2,1-6H3. The van der Waals surface area contributed by atoms with Crippen LogP contribution in [0.1, 0.15) is 11.1 Å². The van der Waals surface area contributed by atoms with Gasteiger partial charge in [-0.15, -0.1) is 0 Å². The molecule has 0 aliphatic carbocycles. The van der Waals surface area contributed by atoms with Crippen molar-refractivity contribution in [3.05, 3.63) is 47.5 Å². The first-order valence-corrected chi connectivity index (χ1v) is 10.2. The van der Waals surface area contributed by atoms with Crippen LogP contribution in [0.2, 0.25) is 0 Å². The second kappa shape index (κ2) is 12.8. The fourth-order valence-corrected chi connectivity index (χ4v) is 3.32. The van der Waals surface area contributed by atoms with Crippen molar-refractivity contribution < 1.29 is 33.2 Å².